The first-order chi connectivity index (χ1) is 9.62. The molecule has 2 N–H and O–H groups in total. The average Bonchev–Trinajstić information content (AvgIpc) is 2.46. The fraction of sp³-hybridized carbons (Fsp3) is 0.308. The van der Waals surface area contributed by atoms with Crippen molar-refractivity contribution < 1.29 is 23.9 Å². The maximum absolute atomic E-state index is 11.7. The highest BCUT2D eigenvalue weighted by molar-refractivity contribution is 6.01. The zero-order valence-corrected chi connectivity index (χ0v) is 11.2. The lowest BCUT2D eigenvalue weighted by Gasteiger charge is -2.14. The number of benzene rings is 1. The molecule has 1 atom stereocenters. The van der Waals surface area contributed by atoms with Crippen LogP contribution in [0.1, 0.15) is 17.3 Å². The van der Waals surface area contributed by atoms with Crippen molar-refractivity contribution in [1.82, 2.24) is 5.32 Å². The summed E-state index contributed by atoms with van der Waals surface area (Å²) in [6.45, 7) is 1.98. The number of hydrogen-bond acceptors (Lipinski definition) is 5. The molecule has 0 spiro atoms. The summed E-state index contributed by atoms with van der Waals surface area (Å²) in [6.07, 6.45) is -0.569. The predicted molar refractivity (Wildman–Crippen MR) is 71.4 cm³/mol. The predicted octanol–water partition coefficient (Wildman–Crippen LogP) is 1.16. The number of amides is 2. The normalized spacial score (nSPS) is 11.3. The second-order valence-corrected chi connectivity index (χ2v) is 3.65. The summed E-state index contributed by atoms with van der Waals surface area (Å²) in [5.74, 6) is -0.572. The zero-order chi connectivity index (χ0) is 15.0. The molecule has 7 heteroatoms. The Balaban J connectivity index is 2.75. The topological polar surface area (TPSA) is 93.7 Å². The van der Waals surface area contributed by atoms with Crippen molar-refractivity contribution in [2.24, 2.45) is 0 Å². The number of hydrogen-bond donors (Lipinski definition) is 2. The lowest BCUT2D eigenvalue weighted by Crippen LogP contribution is -2.40. The monoisotopic (exact) mass is 280 g/mol. The Hall–Kier alpha value is -2.41. The summed E-state index contributed by atoms with van der Waals surface area (Å²) in [6, 6.07) is 5.70. The Morgan fingerprint density at radius 3 is 2.65 bits per heavy atom. The third-order valence-electron chi connectivity index (χ3n) is 2.32. The van der Waals surface area contributed by atoms with E-state index in [-0.39, 0.29) is 17.9 Å². The smallest absolute Gasteiger partial charge is 0.339 e. The van der Waals surface area contributed by atoms with E-state index in [2.05, 4.69) is 15.4 Å². The third-order valence-corrected chi connectivity index (χ3v) is 2.32. The zero-order valence-electron chi connectivity index (χ0n) is 11.2. The molecular formula is C13H16N2O5. The molecule has 0 saturated heterocycles. The minimum atomic E-state index is -1.04. The maximum atomic E-state index is 11.7. The number of ether oxygens (including phenoxy) is 2. The van der Waals surface area contributed by atoms with Gasteiger partial charge in [-0.25, -0.2) is 9.59 Å². The SMILES string of the molecule is CCOC(C=O)NC(=O)Nc1ccccc1C(=O)OC. The van der Waals surface area contributed by atoms with E-state index in [4.69, 9.17) is 4.74 Å². The maximum Gasteiger partial charge on any atom is 0.339 e. The van der Waals surface area contributed by atoms with Crippen LogP contribution in [0.3, 0.4) is 0 Å². The van der Waals surface area contributed by atoms with Crippen molar-refractivity contribution in [2.75, 3.05) is 19.0 Å². The first-order valence-electron chi connectivity index (χ1n) is 5.94. The summed E-state index contributed by atoms with van der Waals surface area (Å²) in [5.41, 5.74) is 0.488. The highest BCUT2D eigenvalue weighted by Gasteiger charge is 2.15. The Morgan fingerprint density at radius 1 is 1.35 bits per heavy atom. The molecule has 0 aliphatic rings. The van der Waals surface area contributed by atoms with Gasteiger partial charge in [0.05, 0.1) is 18.4 Å². The first-order valence-corrected chi connectivity index (χ1v) is 5.94. The van der Waals surface area contributed by atoms with E-state index >= 15 is 0 Å². The van der Waals surface area contributed by atoms with Crippen LogP contribution in [0.2, 0.25) is 0 Å². The Labute approximate surface area is 116 Å². The quantitative estimate of drug-likeness (QED) is 0.463. The van der Waals surface area contributed by atoms with Gasteiger partial charge in [0, 0.05) is 6.61 Å². The number of nitrogens with one attached hydrogen (secondary N) is 2. The van der Waals surface area contributed by atoms with Crippen molar-refractivity contribution in [3.63, 3.8) is 0 Å². The van der Waals surface area contributed by atoms with E-state index in [9.17, 15) is 14.4 Å². The molecule has 0 aliphatic carbocycles. The van der Waals surface area contributed by atoms with Gasteiger partial charge in [0.15, 0.2) is 12.5 Å². The van der Waals surface area contributed by atoms with Gasteiger partial charge in [-0.2, -0.15) is 0 Å². The molecule has 1 rings (SSSR count). The Morgan fingerprint density at radius 2 is 2.05 bits per heavy atom. The molecule has 1 unspecified atom stereocenters. The number of methoxy groups -OCH3 is 1. The second-order valence-electron chi connectivity index (χ2n) is 3.65. The van der Waals surface area contributed by atoms with Crippen LogP contribution in [0.15, 0.2) is 24.3 Å². The third kappa shape index (κ3) is 4.36. The Bertz CT molecular complexity index is 489. The van der Waals surface area contributed by atoms with E-state index in [1.807, 2.05) is 0 Å². The molecule has 2 amide bonds. The van der Waals surface area contributed by atoms with Crippen LogP contribution >= 0.6 is 0 Å². The molecule has 0 aromatic heterocycles. The van der Waals surface area contributed by atoms with Gasteiger partial charge in [0.25, 0.3) is 0 Å². The van der Waals surface area contributed by atoms with Crippen molar-refractivity contribution >= 4 is 24.0 Å². The highest BCUT2D eigenvalue weighted by Crippen LogP contribution is 2.15. The van der Waals surface area contributed by atoms with Crippen molar-refractivity contribution in [1.29, 1.82) is 0 Å². The number of anilines is 1. The number of para-hydroxylation sites is 1. The molecule has 20 heavy (non-hydrogen) atoms. The van der Waals surface area contributed by atoms with E-state index in [1.54, 1.807) is 25.1 Å². The van der Waals surface area contributed by atoms with Crippen molar-refractivity contribution in [3.05, 3.63) is 29.8 Å². The van der Waals surface area contributed by atoms with Crippen molar-refractivity contribution in [3.8, 4) is 0 Å². The largest absolute Gasteiger partial charge is 0.465 e. The van der Waals surface area contributed by atoms with E-state index in [0.29, 0.717) is 6.29 Å². The summed E-state index contributed by atoms with van der Waals surface area (Å²) >= 11 is 0. The summed E-state index contributed by atoms with van der Waals surface area (Å²) in [7, 11) is 1.25. The second kappa shape index (κ2) is 7.90. The molecule has 0 bridgehead atoms. The van der Waals surface area contributed by atoms with E-state index in [0.717, 1.165) is 0 Å². The van der Waals surface area contributed by atoms with Crippen LogP contribution in [-0.2, 0) is 14.3 Å². The number of esters is 1. The Kier molecular flexibility index (Phi) is 6.18. The molecule has 7 nitrogen and oxygen atoms in total. The van der Waals surface area contributed by atoms with Gasteiger partial charge in [-0.05, 0) is 19.1 Å². The number of carbonyl (C=O) groups excluding carboxylic acids is 3. The average molecular weight is 280 g/mol. The van der Waals surface area contributed by atoms with Gasteiger partial charge in [-0.1, -0.05) is 12.1 Å². The van der Waals surface area contributed by atoms with Crippen molar-refractivity contribution in [2.45, 2.75) is 13.2 Å². The minimum absolute atomic E-state index is 0.212. The number of aldehydes is 1. The van der Waals surface area contributed by atoms with Crippen LogP contribution in [0.4, 0.5) is 10.5 Å². The number of carbonyl (C=O) groups is 3. The van der Waals surface area contributed by atoms with Crippen LogP contribution in [-0.4, -0.2) is 38.2 Å². The summed E-state index contributed by atoms with van der Waals surface area (Å²) < 4.78 is 9.57. The fourth-order valence-electron chi connectivity index (χ4n) is 1.46. The molecule has 108 valence electrons. The molecule has 0 radical (unpaired) electrons. The van der Waals surface area contributed by atoms with Gasteiger partial charge < -0.3 is 20.1 Å². The number of rotatable bonds is 6. The molecular weight excluding hydrogens is 264 g/mol. The van der Waals surface area contributed by atoms with Crippen LogP contribution in [0, 0.1) is 0 Å². The molecule has 0 heterocycles. The summed E-state index contributed by atoms with van der Waals surface area (Å²) in [4.78, 5) is 33.9. The van der Waals surface area contributed by atoms with Gasteiger partial charge in [-0.3, -0.25) is 4.79 Å². The molecule has 1 aromatic carbocycles. The first kappa shape index (κ1) is 15.6. The number of urea groups is 1. The molecule has 1 aromatic rings. The standard InChI is InChI=1S/C13H16N2O5/c1-3-20-11(8-16)15-13(18)14-10-7-5-4-6-9(10)12(17)19-2/h4-8,11H,3H2,1-2H3,(H2,14,15,18). The molecule has 0 aliphatic heterocycles. The van der Waals surface area contributed by atoms with E-state index < -0.39 is 18.2 Å². The fourth-order valence-corrected chi connectivity index (χ4v) is 1.46. The van der Waals surface area contributed by atoms with Crippen LogP contribution in [0.25, 0.3) is 0 Å². The van der Waals surface area contributed by atoms with Gasteiger partial charge >= 0.3 is 12.0 Å². The summed E-state index contributed by atoms with van der Waals surface area (Å²) in [5, 5.41) is 4.77. The minimum Gasteiger partial charge on any atom is -0.465 e. The lowest BCUT2D eigenvalue weighted by molar-refractivity contribution is -0.118. The molecule has 0 fully saturated rings. The lowest BCUT2D eigenvalue weighted by atomic mass is 10.2. The van der Waals surface area contributed by atoms with Gasteiger partial charge in [0.2, 0.25) is 0 Å². The highest BCUT2D eigenvalue weighted by atomic mass is 16.5. The van der Waals surface area contributed by atoms with Gasteiger partial charge in [-0.15, -0.1) is 0 Å². The molecule has 0 saturated carbocycles. The van der Waals surface area contributed by atoms with Crippen LogP contribution < -0.4 is 10.6 Å². The van der Waals surface area contributed by atoms with Crippen LogP contribution in [0.5, 0.6) is 0 Å². The van der Waals surface area contributed by atoms with E-state index in [1.165, 1.54) is 13.2 Å². The van der Waals surface area contributed by atoms with Gasteiger partial charge in [0.1, 0.15) is 0 Å².